The minimum atomic E-state index is -0.204. The monoisotopic (exact) mass is 549 g/mol. The second-order valence-corrected chi connectivity index (χ2v) is 9.90. The van der Waals surface area contributed by atoms with E-state index in [1.165, 1.54) is 12.1 Å². The lowest BCUT2D eigenvalue weighted by atomic mass is 9.84. The van der Waals surface area contributed by atoms with Gasteiger partial charge in [-0.25, -0.2) is 4.39 Å². The molecule has 0 bridgehead atoms. The summed E-state index contributed by atoms with van der Waals surface area (Å²) in [5.74, 6) is 0.582. The molecule has 1 aromatic carbocycles. The van der Waals surface area contributed by atoms with Gasteiger partial charge >= 0.3 is 0 Å². The van der Waals surface area contributed by atoms with Crippen molar-refractivity contribution in [1.29, 1.82) is 0 Å². The number of amides is 1. The molecule has 1 saturated heterocycles. The number of likely N-dealkylation sites (tertiary alicyclic amines) is 1. The Morgan fingerprint density at radius 3 is 2.33 bits per heavy atom. The third-order valence-electron chi connectivity index (χ3n) is 6.69. The first-order valence-electron chi connectivity index (χ1n) is 13.8. The molecular formula is C29H44FN3O6. The number of nitrogens with one attached hydrogen (secondary N) is 2. The molecule has 0 spiro atoms. The molecule has 9 nitrogen and oxygen atoms in total. The molecule has 10 heteroatoms. The average Bonchev–Trinajstić information content (AvgIpc) is 3.41. The maximum atomic E-state index is 14.6. The van der Waals surface area contributed by atoms with Gasteiger partial charge in [-0.1, -0.05) is 6.58 Å². The molecule has 0 saturated carbocycles. The van der Waals surface area contributed by atoms with Gasteiger partial charge in [0.05, 0.1) is 59.1 Å². The van der Waals surface area contributed by atoms with Crippen LogP contribution in [-0.2, 0) is 30.2 Å². The van der Waals surface area contributed by atoms with Crippen LogP contribution in [0.5, 0.6) is 0 Å². The van der Waals surface area contributed by atoms with Gasteiger partial charge in [0.15, 0.2) is 0 Å². The highest BCUT2D eigenvalue weighted by Gasteiger charge is 2.26. The molecule has 0 aliphatic carbocycles. The number of rotatable bonds is 20. The number of benzene rings is 1. The van der Waals surface area contributed by atoms with Crippen LogP contribution in [-0.4, -0.2) is 103 Å². The highest BCUT2D eigenvalue weighted by atomic mass is 19.1. The van der Waals surface area contributed by atoms with Crippen LogP contribution in [0.1, 0.15) is 12.0 Å². The Morgan fingerprint density at radius 2 is 1.64 bits per heavy atom. The van der Waals surface area contributed by atoms with E-state index < -0.39 is 0 Å². The van der Waals surface area contributed by atoms with E-state index >= 15 is 0 Å². The highest BCUT2D eigenvalue weighted by Crippen LogP contribution is 2.29. The number of piperidine rings is 1. The standard InChI is InChI=1S/C29H44FN3O6/c1-3-29(34)32-8-11-36-13-15-38-17-16-37-14-12-35-10-7-31-20-24-18-23(21-33(2)22-24)19-26-25-6-9-39-28(25)5-4-27(26)30/h3-6,9,23-24,31H,1,7-8,10-22H2,2H3,(H,32,34)/t23-,24+/m0/s1. The second kappa shape index (κ2) is 18.1. The molecule has 0 radical (unpaired) electrons. The number of carbonyl (C=O) groups excluding carboxylic acids is 1. The van der Waals surface area contributed by atoms with Crippen molar-refractivity contribution < 1.29 is 32.5 Å². The SMILES string of the molecule is C=CC(=O)NCCOCCOCCOCCOCCNC[C@H]1C[C@@H](Cc2c(F)ccc3occc23)CN(C)C1. The second-order valence-electron chi connectivity index (χ2n) is 9.90. The molecular weight excluding hydrogens is 505 g/mol. The lowest BCUT2D eigenvalue weighted by molar-refractivity contribution is -0.116. The van der Waals surface area contributed by atoms with Crippen LogP contribution in [0.3, 0.4) is 0 Å². The summed E-state index contributed by atoms with van der Waals surface area (Å²) < 4.78 is 42.0. The lowest BCUT2D eigenvalue weighted by Crippen LogP contribution is -2.42. The van der Waals surface area contributed by atoms with E-state index in [0.717, 1.165) is 55.6 Å². The zero-order valence-corrected chi connectivity index (χ0v) is 23.1. The van der Waals surface area contributed by atoms with Crippen LogP contribution in [0.25, 0.3) is 11.0 Å². The Labute approximate surface area is 231 Å². The molecule has 2 atom stereocenters. The largest absolute Gasteiger partial charge is 0.464 e. The van der Waals surface area contributed by atoms with Gasteiger partial charge < -0.3 is 38.9 Å². The smallest absolute Gasteiger partial charge is 0.243 e. The van der Waals surface area contributed by atoms with Crippen LogP contribution >= 0.6 is 0 Å². The predicted octanol–water partition coefficient (Wildman–Crippen LogP) is 2.64. The van der Waals surface area contributed by atoms with Crippen molar-refractivity contribution in [3.05, 3.63) is 48.5 Å². The molecule has 2 aromatic rings. The van der Waals surface area contributed by atoms with Crippen LogP contribution in [0, 0.1) is 17.7 Å². The molecule has 218 valence electrons. The third kappa shape index (κ3) is 11.7. The van der Waals surface area contributed by atoms with Crippen molar-refractivity contribution in [2.45, 2.75) is 12.8 Å². The summed E-state index contributed by atoms with van der Waals surface area (Å²) in [6.45, 7) is 11.7. The Hall–Kier alpha value is -2.34. The molecule has 2 heterocycles. The Morgan fingerprint density at radius 1 is 1.00 bits per heavy atom. The predicted molar refractivity (Wildman–Crippen MR) is 148 cm³/mol. The summed E-state index contributed by atoms with van der Waals surface area (Å²) in [6, 6.07) is 5.09. The summed E-state index contributed by atoms with van der Waals surface area (Å²) in [5.41, 5.74) is 1.52. The zero-order chi connectivity index (χ0) is 27.7. The molecule has 39 heavy (non-hydrogen) atoms. The van der Waals surface area contributed by atoms with E-state index in [1.54, 1.807) is 12.3 Å². The first-order chi connectivity index (χ1) is 19.1. The fourth-order valence-electron chi connectivity index (χ4n) is 4.98. The number of halogens is 1. The van der Waals surface area contributed by atoms with E-state index in [2.05, 4.69) is 29.2 Å². The van der Waals surface area contributed by atoms with Crippen LogP contribution in [0.15, 0.2) is 41.5 Å². The number of hydrogen-bond acceptors (Lipinski definition) is 8. The molecule has 3 rings (SSSR count). The van der Waals surface area contributed by atoms with Crippen molar-refractivity contribution >= 4 is 16.9 Å². The minimum absolute atomic E-state index is 0.144. The van der Waals surface area contributed by atoms with Gasteiger partial charge in [-0.2, -0.15) is 0 Å². The van der Waals surface area contributed by atoms with Crippen LogP contribution < -0.4 is 10.6 Å². The highest BCUT2D eigenvalue weighted by molar-refractivity contribution is 5.86. The normalized spacial score (nSPS) is 18.0. The maximum absolute atomic E-state index is 14.6. The molecule has 1 amide bonds. The van der Waals surface area contributed by atoms with E-state index in [-0.39, 0.29) is 11.7 Å². The Balaban J connectivity index is 1.15. The topological polar surface area (TPSA) is 94.4 Å². The van der Waals surface area contributed by atoms with Crippen molar-refractivity contribution in [3.8, 4) is 0 Å². The summed E-state index contributed by atoms with van der Waals surface area (Å²) >= 11 is 0. The van der Waals surface area contributed by atoms with Gasteiger partial charge in [0, 0.05) is 31.6 Å². The van der Waals surface area contributed by atoms with Crippen molar-refractivity contribution in [1.82, 2.24) is 15.5 Å². The molecule has 0 unspecified atom stereocenters. The van der Waals surface area contributed by atoms with Gasteiger partial charge in [0.1, 0.15) is 11.4 Å². The van der Waals surface area contributed by atoms with Crippen molar-refractivity contribution in [3.63, 3.8) is 0 Å². The van der Waals surface area contributed by atoms with Gasteiger partial charge in [0.25, 0.3) is 0 Å². The van der Waals surface area contributed by atoms with E-state index in [0.29, 0.717) is 71.2 Å². The van der Waals surface area contributed by atoms with Crippen LogP contribution in [0.2, 0.25) is 0 Å². The molecule has 1 aromatic heterocycles. The van der Waals surface area contributed by atoms with Gasteiger partial charge in [-0.15, -0.1) is 0 Å². The summed E-state index contributed by atoms with van der Waals surface area (Å²) in [4.78, 5) is 13.3. The summed E-state index contributed by atoms with van der Waals surface area (Å²) in [7, 11) is 2.14. The number of fused-ring (bicyclic) bond motifs is 1. The number of nitrogens with zero attached hydrogens (tertiary/aromatic N) is 1. The van der Waals surface area contributed by atoms with Gasteiger partial charge in [-0.3, -0.25) is 4.79 Å². The van der Waals surface area contributed by atoms with Crippen molar-refractivity contribution in [2.24, 2.45) is 11.8 Å². The first kappa shape index (κ1) is 31.2. The maximum Gasteiger partial charge on any atom is 0.243 e. The average molecular weight is 550 g/mol. The number of hydrogen-bond donors (Lipinski definition) is 2. The molecule has 1 aliphatic rings. The first-order valence-corrected chi connectivity index (χ1v) is 13.8. The van der Waals surface area contributed by atoms with Gasteiger partial charge in [0.2, 0.25) is 5.91 Å². The lowest BCUT2D eigenvalue weighted by Gasteiger charge is -2.36. The Kier molecular flexibility index (Phi) is 14.5. The number of furan rings is 1. The van der Waals surface area contributed by atoms with Crippen LogP contribution in [0.4, 0.5) is 4.39 Å². The van der Waals surface area contributed by atoms with Crippen molar-refractivity contribution in [2.75, 3.05) is 92.6 Å². The summed E-state index contributed by atoms with van der Waals surface area (Å²) in [6.07, 6.45) is 4.66. The number of carbonyl (C=O) groups is 1. The fraction of sp³-hybridized carbons (Fsp3) is 0.621. The van der Waals surface area contributed by atoms with E-state index in [4.69, 9.17) is 23.4 Å². The quantitative estimate of drug-likeness (QED) is 0.192. The zero-order valence-electron chi connectivity index (χ0n) is 23.1. The fourth-order valence-corrected chi connectivity index (χ4v) is 4.98. The molecule has 2 N–H and O–H groups in total. The van der Waals surface area contributed by atoms with E-state index in [1.807, 2.05) is 6.07 Å². The van der Waals surface area contributed by atoms with Gasteiger partial charge in [-0.05, 0) is 68.1 Å². The summed E-state index contributed by atoms with van der Waals surface area (Å²) in [5, 5.41) is 7.04. The number of ether oxygens (including phenoxy) is 4. The molecule has 1 fully saturated rings. The minimum Gasteiger partial charge on any atom is -0.464 e. The van der Waals surface area contributed by atoms with E-state index in [9.17, 15) is 9.18 Å². The Bertz CT molecular complexity index is 987. The third-order valence-corrected chi connectivity index (χ3v) is 6.69. The molecule has 1 aliphatic heterocycles.